The number of H-pyrrole nitrogens is 1. The van der Waals surface area contributed by atoms with Crippen LogP contribution in [0.4, 0.5) is 10.5 Å². The average Bonchev–Trinajstić information content (AvgIpc) is 3.03. The van der Waals surface area contributed by atoms with Crippen molar-refractivity contribution in [2.75, 3.05) is 25.0 Å². The fourth-order valence-corrected chi connectivity index (χ4v) is 3.82. The number of aromatic nitrogens is 4. The standard InChI is InChI=1S/C21H26N6O4/c1-4-31-16-6-5-13(22-21(30)27-9-7-14(28)8-10-27)11-15(16)18-23-19-17(20(29)24-18)12(2)25-26(19)3/h5-6,11,14,28H,4,7-10H2,1-3H3,(H,22,30)(H,23,24,29). The SMILES string of the molecule is CCOc1ccc(NC(=O)N2CCC(O)CC2)cc1-c1nc2c(c(C)nn2C)c(=O)[nH]1. The van der Waals surface area contributed by atoms with Crippen molar-refractivity contribution < 1.29 is 14.6 Å². The number of carbonyl (C=O) groups is 1. The summed E-state index contributed by atoms with van der Waals surface area (Å²) in [5, 5.41) is 17.3. The van der Waals surface area contributed by atoms with E-state index in [1.165, 1.54) is 0 Å². The van der Waals surface area contributed by atoms with Gasteiger partial charge in [0.05, 0.1) is 24.0 Å². The maximum Gasteiger partial charge on any atom is 0.321 e. The molecule has 1 saturated heterocycles. The van der Waals surface area contributed by atoms with Crippen molar-refractivity contribution in [3.63, 3.8) is 0 Å². The van der Waals surface area contributed by atoms with Crippen LogP contribution in [0.2, 0.25) is 0 Å². The lowest BCUT2D eigenvalue weighted by Gasteiger charge is -2.29. The number of nitrogens with zero attached hydrogens (tertiary/aromatic N) is 4. The summed E-state index contributed by atoms with van der Waals surface area (Å²) >= 11 is 0. The van der Waals surface area contributed by atoms with Crippen molar-refractivity contribution in [2.45, 2.75) is 32.8 Å². The summed E-state index contributed by atoms with van der Waals surface area (Å²) in [6.07, 6.45) is 0.781. The van der Waals surface area contributed by atoms with E-state index in [1.54, 1.807) is 41.8 Å². The lowest BCUT2D eigenvalue weighted by atomic mass is 10.1. The van der Waals surface area contributed by atoms with Gasteiger partial charge >= 0.3 is 6.03 Å². The first-order valence-electron chi connectivity index (χ1n) is 10.3. The van der Waals surface area contributed by atoms with Gasteiger partial charge in [0.1, 0.15) is 17.0 Å². The van der Waals surface area contributed by atoms with Crippen molar-refractivity contribution >= 4 is 22.8 Å². The van der Waals surface area contributed by atoms with Crippen molar-refractivity contribution in [3.8, 4) is 17.1 Å². The van der Waals surface area contributed by atoms with Crippen molar-refractivity contribution in [3.05, 3.63) is 34.2 Å². The van der Waals surface area contributed by atoms with Gasteiger partial charge in [-0.2, -0.15) is 5.10 Å². The lowest BCUT2D eigenvalue weighted by molar-refractivity contribution is 0.0972. The zero-order valence-electron chi connectivity index (χ0n) is 17.8. The number of piperidine rings is 1. The largest absolute Gasteiger partial charge is 0.493 e. The quantitative estimate of drug-likeness (QED) is 0.586. The van der Waals surface area contributed by atoms with E-state index < -0.39 is 0 Å². The minimum Gasteiger partial charge on any atom is -0.493 e. The van der Waals surface area contributed by atoms with Crippen LogP contribution in [0, 0.1) is 6.92 Å². The van der Waals surface area contributed by atoms with Crippen LogP contribution in [-0.2, 0) is 7.05 Å². The number of rotatable bonds is 4. The minimum absolute atomic E-state index is 0.235. The van der Waals surface area contributed by atoms with Gasteiger partial charge < -0.3 is 25.0 Å². The van der Waals surface area contributed by atoms with Gasteiger partial charge in [0, 0.05) is 25.8 Å². The molecule has 0 atom stereocenters. The Hall–Kier alpha value is -3.40. The number of nitrogens with one attached hydrogen (secondary N) is 2. The monoisotopic (exact) mass is 426 g/mol. The van der Waals surface area contributed by atoms with Gasteiger partial charge in [0.2, 0.25) is 0 Å². The van der Waals surface area contributed by atoms with Crippen LogP contribution in [0.25, 0.3) is 22.4 Å². The molecule has 0 bridgehead atoms. The zero-order chi connectivity index (χ0) is 22.1. The van der Waals surface area contributed by atoms with E-state index in [2.05, 4.69) is 20.4 Å². The summed E-state index contributed by atoms with van der Waals surface area (Å²) in [5.74, 6) is 0.879. The number of urea groups is 1. The first-order chi connectivity index (χ1) is 14.9. The molecule has 31 heavy (non-hydrogen) atoms. The molecule has 0 spiro atoms. The maximum absolute atomic E-state index is 12.7. The number of likely N-dealkylation sites (tertiary alicyclic amines) is 1. The summed E-state index contributed by atoms with van der Waals surface area (Å²) < 4.78 is 7.30. The van der Waals surface area contributed by atoms with E-state index in [0.717, 1.165) is 0 Å². The normalized spacial score (nSPS) is 14.8. The molecule has 1 aliphatic rings. The summed E-state index contributed by atoms with van der Waals surface area (Å²) in [6, 6.07) is 4.99. The molecule has 3 aromatic rings. The van der Waals surface area contributed by atoms with E-state index >= 15 is 0 Å². The number of carbonyl (C=O) groups excluding carboxylic acids is 1. The van der Waals surface area contributed by atoms with Crippen LogP contribution in [0.15, 0.2) is 23.0 Å². The van der Waals surface area contributed by atoms with Crippen molar-refractivity contribution in [1.29, 1.82) is 0 Å². The highest BCUT2D eigenvalue weighted by atomic mass is 16.5. The summed E-state index contributed by atoms with van der Waals surface area (Å²) in [7, 11) is 1.74. The van der Waals surface area contributed by atoms with Gasteiger partial charge in [0.25, 0.3) is 5.56 Å². The summed E-state index contributed by atoms with van der Waals surface area (Å²) in [4.78, 5) is 34.4. The molecular formula is C21H26N6O4. The highest BCUT2D eigenvalue weighted by Crippen LogP contribution is 2.31. The second-order valence-electron chi connectivity index (χ2n) is 7.61. The Morgan fingerprint density at radius 2 is 2.10 bits per heavy atom. The number of hydrogen-bond donors (Lipinski definition) is 3. The topological polar surface area (TPSA) is 125 Å². The molecule has 1 aromatic carbocycles. The average molecular weight is 426 g/mol. The van der Waals surface area contributed by atoms with E-state index in [-0.39, 0.29) is 17.7 Å². The Bertz CT molecular complexity index is 1180. The number of fused-ring (bicyclic) bond motifs is 1. The van der Waals surface area contributed by atoms with E-state index in [1.807, 2.05) is 6.92 Å². The Kier molecular flexibility index (Phi) is 5.64. The van der Waals surface area contributed by atoms with Gasteiger partial charge in [-0.25, -0.2) is 14.5 Å². The molecule has 2 amide bonds. The maximum atomic E-state index is 12.7. The summed E-state index contributed by atoms with van der Waals surface area (Å²) in [5.41, 5.74) is 1.91. The predicted octanol–water partition coefficient (Wildman–Crippen LogP) is 2.02. The third kappa shape index (κ3) is 4.11. The highest BCUT2D eigenvalue weighted by molar-refractivity contribution is 5.91. The number of anilines is 1. The molecule has 2 aromatic heterocycles. The molecule has 3 N–H and O–H groups in total. The molecule has 0 radical (unpaired) electrons. The first kappa shape index (κ1) is 20.9. The van der Waals surface area contributed by atoms with Crippen molar-refractivity contribution in [2.24, 2.45) is 7.05 Å². The van der Waals surface area contributed by atoms with Crippen LogP contribution >= 0.6 is 0 Å². The third-order valence-electron chi connectivity index (χ3n) is 5.41. The molecule has 4 rings (SSSR count). The third-order valence-corrected chi connectivity index (χ3v) is 5.41. The van der Waals surface area contributed by atoms with Crippen LogP contribution in [0.1, 0.15) is 25.5 Å². The smallest absolute Gasteiger partial charge is 0.321 e. The Labute approximate surface area is 178 Å². The lowest BCUT2D eigenvalue weighted by Crippen LogP contribution is -2.42. The number of hydrogen-bond acceptors (Lipinski definition) is 6. The molecule has 10 heteroatoms. The molecule has 3 heterocycles. The van der Waals surface area contributed by atoms with Crippen molar-refractivity contribution in [1.82, 2.24) is 24.6 Å². The molecular weight excluding hydrogens is 400 g/mol. The Morgan fingerprint density at radius 3 is 2.81 bits per heavy atom. The highest BCUT2D eigenvalue weighted by Gasteiger charge is 2.22. The molecule has 0 unspecified atom stereocenters. The second kappa shape index (κ2) is 8.38. The first-order valence-corrected chi connectivity index (χ1v) is 10.3. The van der Waals surface area contributed by atoms with E-state index in [0.29, 0.717) is 72.1 Å². The molecule has 0 saturated carbocycles. The number of benzene rings is 1. The minimum atomic E-state index is -0.352. The van der Waals surface area contributed by atoms with Crippen LogP contribution in [-0.4, -0.2) is 61.6 Å². The number of aryl methyl sites for hydroxylation is 2. The van der Waals surface area contributed by atoms with Gasteiger partial charge in [0.15, 0.2) is 5.65 Å². The molecule has 1 aliphatic heterocycles. The number of aliphatic hydroxyl groups excluding tert-OH is 1. The number of amides is 2. The summed E-state index contributed by atoms with van der Waals surface area (Å²) in [6.45, 7) is 5.07. The van der Waals surface area contributed by atoms with Crippen LogP contribution < -0.4 is 15.6 Å². The van der Waals surface area contributed by atoms with Gasteiger partial charge in [-0.05, 0) is 44.9 Å². The molecule has 164 valence electrons. The molecule has 1 fully saturated rings. The van der Waals surface area contributed by atoms with E-state index in [4.69, 9.17) is 4.74 Å². The fourth-order valence-electron chi connectivity index (χ4n) is 3.82. The fraction of sp³-hybridized carbons (Fsp3) is 0.429. The van der Waals surface area contributed by atoms with Gasteiger partial charge in [-0.3, -0.25) is 4.79 Å². The van der Waals surface area contributed by atoms with Crippen LogP contribution in [0.5, 0.6) is 5.75 Å². The second-order valence-corrected chi connectivity index (χ2v) is 7.61. The number of aromatic amines is 1. The Balaban J connectivity index is 1.70. The molecule has 0 aliphatic carbocycles. The zero-order valence-corrected chi connectivity index (χ0v) is 17.8. The Morgan fingerprint density at radius 1 is 1.35 bits per heavy atom. The number of aliphatic hydroxyl groups is 1. The number of ether oxygens (including phenoxy) is 1. The van der Waals surface area contributed by atoms with Crippen LogP contribution in [0.3, 0.4) is 0 Å². The van der Waals surface area contributed by atoms with Gasteiger partial charge in [-0.1, -0.05) is 0 Å². The van der Waals surface area contributed by atoms with Gasteiger partial charge in [-0.15, -0.1) is 0 Å². The van der Waals surface area contributed by atoms with E-state index in [9.17, 15) is 14.7 Å². The predicted molar refractivity (Wildman–Crippen MR) is 116 cm³/mol. The molecule has 10 nitrogen and oxygen atoms in total.